The SMILES string of the molecule is CN=C(NCCN1CCCCC1)NCc1cccc(-c2ncn[nH]2)c1.I. The van der Waals surface area contributed by atoms with Gasteiger partial charge in [0.15, 0.2) is 11.8 Å². The number of aromatic amines is 1. The first-order valence-electron chi connectivity index (χ1n) is 8.97. The molecule has 0 unspecified atom stereocenters. The summed E-state index contributed by atoms with van der Waals surface area (Å²) >= 11 is 0. The van der Waals surface area contributed by atoms with Crippen molar-refractivity contribution in [1.82, 2.24) is 30.7 Å². The van der Waals surface area contributed by atoms with Crippen molar-refractivity contribution in [2.75, 3.05) is 33.2 Å². The van der Waals surface area contributed by atoms with E-state index in [1.165, 1.54) is 44.2 Å². The van der Waals surface area contributed by atoms with E-state index >= 15 is 0 Å². The molecular formula is C18H28IN7. The topological polar surface area (TPSA) is 81.2 Å². The lowest BCUT2D eigenvalue weighted by Crippen LogP contribution is -2.42. The normalized spacial score (nSPS) is 15.3. The summed E-state index contributed by atoms with van der Waals surface area (Å²) in [7, 11) is 1.81. The largest absolute Gasteiger partial charge is 0.355 e. The standard InChI is InChI=1S/C18H27N7.HI/c1-19-18(20-8-11-25-9-3-2-4-10-25)21-13-15-6-5-7-16(12-15)17-22-14-23-24-17;/h5-7,12,14H,2-4,8-11,13H2,1H3,(H2,19,20,21)(H,22,23,24);1H. The fraction of sp³-hybridized carbons (Fsp3) is 0.500. The molecule has 26 heavy (non-hydrogen) atoms. The fourth-order valence-corrected chi connectivity index (χ4v) is 3.09. The molecule has 1 aromatic heterocycles. The number of nitrogens with one attached hydrogen (secondary N) is 3. The number of benzene rings is 1. The molecule has 0 atom stereocenters. The first kappa shape index (κ1) is 20.6. The number of aromatic nitrogens is 3. The minimum Gasteiger partial charge on any atom is -0.355 e. The Labute approximate surface area is 172 Å². The highest BCUT2D eigenvalue weighted by Crippen LogP contribution is 2.15. The summed E-state index contributed by atoms with van der Waals surface area (Å²) in [5.74, 6) is 1.62. The Balaban J connectivity index is 0.00000243. The molecule has 7 nitrogen and oxygen atoms in total. The van der Waals surface area contributed by atoms with Crippen molar-refractivity contribution in [3.05, 3.63) is 36.2 Å². The predicted octanol–water partition coefficient (Wildman–Crippen LogP) is 2.24. The summed E-state index contributed by atoms with van der Waals surface area (Å²) in [6.45, 7) is 5.15. The number of hydrogen-bond donors (Lipinski definition) is 3. The van der Waals surface area contributed by atoms with Crippen LogP contribution in [0.25, 0.3) is 11.4 Å². The van der Waals surface area contributed by atoms with Gasteiger partial charge in [0.05, 0.1) is 0 Å². The predicted molar refractivity (Wildman–Crippen MR) is 116 cm³/mol. The minimum atomic E-state index is 0. The molecule has 0 radical (unpaired) electrons. The Hall–Kier alpha value is -1.68. The molecule has 1 fully saturated rings. The maximum absolute atomic E-state index is 4.31. The van der Waals surface area contributed by atoms with E-state index in [9.17, 15) is 0 Å². The number of guanidine groups is 1. The van der Waals surface area contributed by atoms with Crippen LogP contribution in [-0.2, 0) is 6.54 Å². The number of piperidine rings is 1. The van der Waals surface area contributed by atoms with Gasteiger partial charge in [0.1, 0.15) is 6.33 Å². The van der Waals surface area contributed by atoms with Crippen molar-refractivity contribution in [3.8, 4) is 11.4 Å². The zero-order valence-corrected chi connectivity index (χ0v) is 17.6. The van der Waals surface area contributed by atoms with Crippen LogP contribution in [0, 0.1) is 0 Å². The van der Waals surface area contributed by atoms with Crippen LogP contribution in [0.1, 0.15) is 24.8 Å². The number of rotatable bonds is 6. The van der Waals surface area contributed by atoms with Crippen LogP contribution in [-0.4, -0.2) is 59.3 Å². The van der Waals surface area contributed by atoms with Gasteiger partial charge < -0.3 is 15.5 Å². The summed E-state index contributed by atoms with van der Waals surface area (Å²) < 4.78 is 0. The van der Waals surface area contributed by atoms with Gasteiger partial charge in [-0.1, -0.05) is 24.6 Å². The Morgan fingerprint density at radius 2 is 2.08 bits per heavy atom. The van der Waals surface area contributed by atoms with Crippen LogP contribution in [0.5, 0.6) is 0 Å². The Kier molecular flexibility index (Phi) is 8.82. The van der Waals surface area contributed by atoms with Gasteiger partial charge >= 0.3 is 0 Å². The highest BCUT2D eigenvalue weighted by atomic mass is 127. The molecule has 0 spiro atoms. The molecule has 3 rings (SSSR count). The molecule has 1 aliphatic rings. The van der Waals surface area contributed by atoms with E-state index < -0.39 is 0 Å². The third-order valence-corrected chi connectivity index (χ3v) is 4.47. The Bertz CT molecular complexity index is 666. The van der Waals surface area contributed by atoms with Crippen molar-refractivity contribution in [2.24, 2.45) is 4.99 Å². The monoisotopic (exact) mass is 469 g/mol. The molecule has 2 aromatic rings. The maximum Gasteiger partial charge on any atom is 0.191 e. The van der Waals surface area contributed by atoms with Crippen molar-refractivity contribution in [3.63, 3.8) is 0 Å². The summed E-state index contributed by atoms with van der Waals surface area (Å²) in [5.41, 5.74) is 2.21. The van der Waals surface area contributed by atoms with Gasteiger partial charge in [0, 0.05) is 32.2 Å². The second-order valence-electron chi connectivity index (χ2n) is 6.29. The molecule has 8 heteroatoms. The fourth-order valence-electron chi connectivity index (χ4n) is 3.09. The highest BCUT2D eigenvalue weighted by Gasteiger charge is 2.09. The second-order valence-corrected chi connectivity index (χ2v) is 6.29. The van der Waals surface area contributed by atoms with Gasteiger partial charge in [-0.05, 0) is 37.6 Å². The summed E-state index contributed by atoms with van der Waals surface area (Å²) in [6, 6.07) is 8.25. The van der Waals surface area contributed by atoms with Crippen LogP contribution in [0.4, 0.5) is 0 Å². The molecule has 1 aromatic carbocycles. The lowest BCUT2D eigenvalue weighted by Gasteiger charge is -2.26. The lowest BCUT2D eigenvalue weighted by molar-refractivity contribution is 0.232. The van der Waals surface area contributed by atoms with Crippen LogP contribution in [0.15, 0.2) is 35.6 Å². The smallest absolute Gasteiger partial charge is 0.191 e. The zero-order valence-electron chi connectivity index (χ0n) is 15.2. The highest BCUT2D eigenvalue weighted by molar-refractivity contribution is 14.0. The second kappa shape index (κ2) is 11.1. The van der Waals surface area contributed by atoms with Gasteiger partial charge in [-0.25, -0.2) is 4.98 Å². The molecule has 0 aliphatic carbocycles. The molecule has 2 heterocycles. The van der Waals surface area contributed by atoms with E-state index in [0.29, 0.717) is 6.54 Å². The van der Waals surface area contributed by atoms with Gasteiger partial charge in [-0.15, -0.1) is 24.0 Å². The Morgan fingerprint density at radius 3 is 2.81 bits per heavy atom. The number of likely N-dealkylation sites (tertiary alicyclic amines) is 1. The van der Waals surface area contributed by atoms with Crippen molar-refractivity contribution < 1.29 is 0 Å². The summed E-state index contributed by atoms with van der Waals surface area (Å²) in [6.07, 6.45) is 5.55. The minimum absolute atomic E-state index is 0. The van der Waals surface area contributed by atoms with Crippen molar-refractivity contribution in [2.45, 2.75) is 25.8 Å². The van der Waals surface area contributed by atoms with Gasteiger partial charge in [0.25, 0.3) is 0 Å². The molecule has 0 amide bonds. The third kappa shape index (κ3) is 6.24. The summed E-state index contributed by atoms with van der Waals surface area (Å²) in [4.78, 5) is 11.0. The van der Waals surface area contributed by atoms with E-state index in [1.54, 1.807) is 7.05 Å². The molecule has 1 aliphatic heterocycles. The first-order chi connectivity index (χ1) is 12.3. The van der Waals surface area contributed by atoms with Gasteiger partial charge in [-0.3, -0.25) is 10.1 Å². The van der Waals surface area contributed by atoms with Crippen LogP contribution < -0.4 is 10.6 Å². The van der Waals surface area contributed by atoms with E-state index in [-0.39, 0.29) is 24.0 Å². The number of halogens is 1. The van der Waals surface area contributed by atoms with E-state index in [1.807, 2.05) is 12.1 Å². The average Bonchev–Trinajstić information content (AvgIpc) is 3.20. The molecule has 1 saturated heterocycles. The molecule has 142 valence electrons. The first-order valence-corrected chi connectivity index (χ1v) is 8.97. The number of aliphatic imine (C=N–C) groups is 1. The number of hydrogen-bond acceptors (Lipinski definition) is 4. The van der Waals surface area contributed by atoms with Crippen LogP contribution in [0.2, 0.25) is 0 Å². The molecular weight excluding hydrogens is 441 g/mol. The molecule has 0 bridgehead atoms. The number of H-pyrrole nitrogens is 1. The maximum atomic E-state index is 4.31. The van der Waals surface area contributed by atoms with Gasteiger partial charge in [-0.2, -0.15) is 5.10 Å². The lowest BCUT2D eigenvalue weighted by atomic mass is 10.1. The van der Waals surface area contributed by atoms with E-state index in [4.69, 9.17) is 0 Å². The zero-order chi connectivity index (χ0) is 17.3. The molecule has 3 N–H and O–H groups in total. The quantitative estimate of drug-likeness (QED) is 0.344. The summed E-state index contributed by atoms with van der Waals surface area (Å²) in [5, 5.41) is 13.6. The Morgan fingerprint density at radius 1 is 1.23 bits per heavy atom. The van der Waals surface area contributed by atoms with Crippen LogP contribution in [0.3, 0.4) is 0 Å². The van der Waals surface area contributed by atoms with Gasteiger partial charge in [0.2, 0.25) is 0 Å². The third-order valence-electron chi connectivity index (χ3n) is 4.47. The van der Waals surface area contributed by atoms with E-state index in [0.717, 1.165) is 30.4 Å². The van der Waals surface area contributed by atoms with Crippen molar-refractivity contribution >= 4 is 29.9 Å². The van der Waals surface area contributed by atoms with Crippen molar-refractivity contribution in [1.29, 1.82) is 0 Å². The number of nitrogens with zero attached hydrogens (tertiary/aromatic N) is 4. The van der Waals surface area contributed by atoms with E-state index in [2.05, 4.69) is 47.8 Å². The molecule has 0 saturated carbocycles. The average molecular weight is 469 g/mol. The van der Waals surface area contributed by atoms with Crippen LogP contribution >= 0.6 is 24.0 Å².